The maximum atomic E-state index is 12.8. The van der Waals surface area contributed by atoms with E-state index in [2.05, 4.69) is 20.6 Å². The van der Waals surface area contributed by atoms with Crippen molar-refractivity contribution in [1.82, 2.24) is 15.3 Å². The lowest BCUT2D eigenvalue weighted by Crippen LogP contribution is -2.29. The average molecular weight is 407 g/mol. The summed E-state index contributed by atoms with van der Waals surface area (Å²) < 4.78 is 18.2. The average Bonchev–Trinajstić information content (AvgIpc) is 3.09. The quantitative estimate of drug-likeness (QED) is 0.556. The van der Waals surface area contributed by atoms with E-state index in [0.29, 0.717) is 40.6 Å². The number of ether oxygens (including phenoxy) is 1. The lowest BCUT2D eigenvalue weighted by Gasteiger charge is -2.07. The normalized spacial score (nSPS) is 10.4. The number of carbonyl (C=O) groups is 1. The molecule has 0 aliphatic carbocycles. The zero-order valence-electron chi connectivity index (χ0n) is 14.1. The first-order chi connectivity index (χ1) is 13.1. The van der Waals surface area contributed by atoms with Crippen molar-refractivity contribution in [2.24, 2.45) is 0 Å². The first-order valence-electron chi connectivity index (χ1n) is 8.06. The number of pyridine rings is 1. The number of rotatable bonds is 8. The van der Waals surface area contributed by atoms with E-state index in [1.807, 2.05) is 5.38 Å². The van der Waals surface area contributed by atoms with Gasteiger partial charge in [0.1, 0.15) is 24.0 Å². The van der Waals surface area contributed by atoms with Gasteiger partial charge in [-0.05, 0) is 36.4 Å². The molecule has 3 rings (SSSR count). The van der Waals surface area contributed by atoms with Crippen LogP contribution in [-0.2, 0) is 11.2 Å². The van der Waals surface area contributed by atoms with Gasteiger partial charge < -0.3 is 15.4 Å². The van der Waals surface area contributed by atoms with Crippen LogP contribution in [0.5, 0.6) is 5.75 Å². The molecule has 0 saturated carbocycles. The zero-order valence-corrected chi connectivity index (χ0v) is 15.7. The topological polar surface area (TPSA) is 76.1 Å². The van der Waals surface area contributed by atoms with Gasteiger partial charge in [0.05, 0.1) is 23.7 Å². The van der Waals surface area contributed by atoms with Gasteiger partial charge in [0, 0.05) is 11.6 Å². The molecule has 6 nitrogen and oxygen atoms in total. The van der Waals surface area contributed by atoms with E-state index in [1.54, 1.807) is 18.3 Å². The number of hydrogen-bond acceptors (Lipinski definition) is 6. The van der Waals surface area contributed by atoms with Gasteiger partial charge >= 0.3 is 0 Å². The van der Waals surface area contributed by atoms with E-state index in [9.17, 15) is 9.18 Å². The van der Waals surface area contributed by atoms with Gasteiger partial charge in [-0.2, -0.15) is 0 Å². The van der Waals surface area contributed by atoms with Gasteiger partial charge in [-0.15, -0.1) is 11.3 Å². The molecule has 0 unspecified atom stereocenters. The van der Waals surface area contributed by atoms with Crippen LogP contribution >= 0.6 is 22.9 Å². The second-order valence-corrected chi connectivity index (χ2v) is 6.75. The largest absolute Gasteiger partial charge is 0.492 e. The van der Waals surface area contributed by atoms with E-state index >= 15 is 0 Å². The highest BCUT2D eigenvalue weighted by Crippen LogP contribution is 2.20. The van der Waals surface area contributed by atoms with Crippen LogP contribution in [0.1, 0.15) is 5.69 Å². The number of benzene rings is 1. The Morgan fingerprint density at radius 3 is 2.78 bits per heavy atom. The Morgan fingerprint density at radius 1 is 1.22 bits per heavy atom. The summed E-state index contributed by atoms with van der Waals surface area (Å²) in [5, 5.41) is 8.83. The predicted molar refractivity (Wildman–Crippen MR) is 103 cm³/mol. The summed E-state index contributed by atoms with van der Waals surface area (Å²) in [6, 6.07) is 9.19. The maximum absolute atomic E-state index is 12.8. The smallest absolute Gasteiger partial charge is 0.226 e. The van der Waals surface area contributed by atoms with Gasteiger partial charge in [-0.25, -0.2) is 14.4 Å². The SMILES string of the molecule is O=C(Cc1csc(Nc2ccc(Cl)cn2)n1)NCCOc1ccc(F)cc1. The molecule has 0 radical (unpaired) electrons. The fourth-order valence-electron chi connectivity index (χ4n) is 2.12. The number of nitrogens with zero attached hydrogens (tertiary/aromatic N) is 2. The van der Waals surface area contributed by atoms with Crippen molar-refractivity contribution in [3.63, 3.8) is 0 Å². The van der Waals surface area contributed by atoms with Gasteiger partial charge in [-0.3, -0.25) is 4.79 Å². The molecule has 0 saturated heterocycles. The molecule has 9 heteroatoms. The van der Waals surface area contributed by atoms with Gasteiger partial charge in [0.15, 0.2) is 5.13 Å². The summed E-state index contributed by atoms with van der Waals surface area (Å²) >= 11 is 7.18. The van der Waals surface area contributed by atoms with Crippen molar-refractivity contribution in [2.75, 3.05) is 18.5 Å². The van der Waals surface area contributed by atoms with Gasteiger partial charge in [-0.1, -0.05) is 11.6 Å². The highest BCUT2D eigenvalue weighted by molar-refractivity contribution is 7.13. The number of amides is 1. The van der Waals surface area contributed by atoms with Crippen molar-refractivity contribution in [3.05, 3.63) is 64.5 Å². The number of nitrogens with one attached hydrogen (secondary N) is 2. The van der Waals surface area contributed by atoms with Crippen molar-refractivity contribution in [1.29, 1.82) is 0 Å². The first kappa shape index (κ1) is 19.1. The molecule has 0 aliphatic heterocycles. The Labute approximate surface area is 164 Å². The molecule has 0 aliphatic rings. The van der Waals surface area contributed by atoms with Crippen LogP contribution in [0.3, 0.4) is 0 Å². The van der Waals surface area contributed by atoms with E-state index < -0.39 is 0 Å². The lowest BCUT2D eigenvalue weighted by molar-refractivity contribution is -0.120. The third-order valence-electron chi connectivity index (χ3n) is 3.36. The van der Waals surface area contributed by atoms with Crippen LogP contribution in [-0.4, -0.2) is 29.0 Å². The van der Waals surface area contributed by atoms with Crippen molar-refractivity contribution >= 4 is 39.8 Å². The Kier molecular flexibility index (Phi) is 6.56. The molecule has 0 bridgehead atoms. The number of thiazole rings is 1. The van der Waals surface area contributed by atoms with E-state index in [4.69, 9.17) is 16.3 Å². The van der Waals surface area contributed by atoms with E-state index in [-0.39, 0.29) is 18.1 Å². The number of carbonyl (C=O) groups excluding carboxylic acids is 1. The summed E-state index contributed by atoms with van der Waals surface area (Å²) in [5.74, 6) is 0.707. The third kappa shape index (κ3) is 6.19. The van der Waals surface area contributed by atoms with Crippen molar-refractivity contribution < 1.29 is 13.9 Å². The third-order valence-corrected chi connectivity index (χ3v) is 4.39. The monoisotopic (exact) mass is 406 g/mol. The Bertz CT molecular complexity index is 887. The predicted octanol–water partition coefficient (Wildman–Crippen LogP) is 3.81. The zero-order chi connectivity index (χ0) is 19.1. The van der Waals surface area contributed by atoms with E-state index in [1.165, 1.54) is 35.6 Å². The molecule has 0 fully saturated rings. The number of anilines is 2. The van der Waals surface area contributed by atoms with E-state index in [0.717, 1.165) is 0 Å². The molecule has 0 atom stereocenters. The molecule has 2 heterocycles. The maximum Gasteiger partial charge on any atom is 0.226 e. The lowest BCUT2D eigenvalue weighted by atomic mass is 10.3. The van der Waals surface area contributed by atoms with Crippen LogP contribution in [0, 0.1) is 5.82 Å². The molecular weight excluding hydrogens is 391 g/mol. The highest BCUT2D eigenvalue weighted by atomic mass is 35.5. The molecule has 27 heavy (non-hydrogen) atoms. The molecule has 0 spiro atoms. The number of hydrogen-bond donors (Lipinski definition) is 2. The molecular formula is C18H16ClFN4O2S. The summed E-state index contributed by atoms with van der Waals surface area (Å²) in [6.07, 6.45) is 1.71. The molecule has 3 aromatic rings. The number of halogens is 2. The standard InChI is InChI=1S/C18H16ClFN4O2S/c19-12-1-6-16(22-10-12)24-18-23-14(11-27-18)9-17(25)21-7-8-26-15-4-2-13(20)3-5-15/h1-6,10-11H,7-9H2,(H,21,25)(H,22,23,24). The molecule has 2 N–H and O–H groups in total. The Balaban J connectivity index is 1.39. The minimum absolute atomic E-state index is 0.154. The summed E-state index contributed by atoms with van der Waals surface area (Å²) in [6.45, 7) is 0.642. The highest BCUT2D eigenvalue weighted by Gasteiger charge is 2.08. The van der Waals surface area contributed by atoms with Crippen molar-refractivity contribution in [3.8, 4) is 5.75 Å². The Hall–Kier alpha value is -2.71. The van der Waals surface area contributed by atoms with Crippen LogP contribution in [0.15, 0.2) is 48.0 Å². The van der Waals surface area contributed by atoms with Gasteiger partial charge in [0.2, 0.25) is 5.91 Å². The summed E-state index contributed by atoms with van der Waals surface area (Å²) in [7, 11) is 0. The molecule has 1 amide bonds. The minimum Gasteiger partial charge on any atom is -0.492 e. The fourth-order valence-corrected chi connectivity index (χ4v) is 2.95. The van der Waals surface area contributed by atoms with Crippen LogP contribution in [0.2, 0.25) is 5.02 Å². The number of aromatic nitrogens is 2. The van der Waals surface area contributed by atoms with Crippen molar-refractivity contribution in [2.45, 2.75) is 6.42 Å². The Morgan fingerprint density at radius 2 is 2.04 bits per heavy atom. The van der Waals surface area contributed by atoms with Crippen LogP contribution < -0.4 is 15.4 Å². The molecule has 2 aromatic heterocycles. The second kappa shape index (κ2) is 9.29. The first-order valence-corrected chi connectivity index (χ1v) is 9.32. The summed E-state index contributed by atoms with van der Waals surface area (Å²) in [4.78, 5) is 20.5. The fraction of sp³-hybridized carbons (Fsp3) is 0.167. The molecule has 140 valence electrons. The molecule has 1 aromatic carbocycles. The minimum atomic E-state index is -0.320. The van der Waals surface area contributed by atoms with Gasteiger partial charge in [0.25, 0.3) is 0 Å². The second-order valence-electron chi connectivity index (χ2n) is 5.46. The summed E-state index contributed by atoms with van der Waals surface area (Å²) in [5.41, 5.74) is 0.661. The van der Waals surface area contributed by atoms with Crippen LogP contribution in [0.4, 0.5) is 15.3 Å². The van der Waals surface area contributed by atoms with Crippen LogP contribution in [0.25, 0.3) is 0 Å².